The van der Waals surface area contributed by atoms with Gasteiger partial charge in [0.15, 0.2) is 5.82 Å². The van der Waals surface area contributed by atoms with Gasteiger partial charge in [-0.2, -0.15) is 0 Å². The molecule has 2 amide bonds. The lowest BCUT2D eigenvalue weighted by molar-refractivity contribution is 0.216. The predicted molar refractivity (Wildman–Crippen MR) is 90.1 cm³/mol. The number of anilines is 1. The molecule has 6 nitrogen and oxygen atoms in total. The Morgan fingerprint density at radius 3 is 2.67 bits per heavy atom. The number of benzene rings is 1. The standard InChI is InChI=1S/C17H20FN5O/c1-22(2)12-9-10-23(11-12)17(24)19-16-8-7-15(20-21-16)13-5-3-4-6-14(13)18/h3-8,12H,9-11H2,1-2H3,(H,19,21,24). The predicted octanol–water partition coefficient (Wildman–Crippen LogP) is 2.45. The van der Waals surface area contributed by atoms with Gasteiger partial charge in [0.05, 0.1) is 5.69 Å². The van der Waals surface area contributed by atoms with E-state index in [0.29, 0.717) is 29.7 Å². The molecule has 7 heteroatoms. The highest BCUT2D eigenvalue weighted by molar-refractivity contribution is 5.88. The number of carbonyl (C=O) groups is 1. The monoisotopic (exact) mass is 329 g/mol. The van der Waals surface area contributed by atoms with E-state index in [1.54, 1.807) is 35.2 Å². The molecule has 0 bridgehead atoms. The summed E-state index contributed by atoms with van der Waals surface area (Å²) in [5.41, 5.74) is 0.816. The Morgan fingerprint density at radius 2 is 2.04 bits per heavy atom. The fourth-order valence-corrected chi connectivity index (χ4v) is 2.75. The number of carbonyl (C=O) groups excluding carboxylic acids is 1. The van der Waals surface area contributed by atoms with Crippen LogP contribution in [-0.2, 0) is 0 Å². The van der Waals surface area contributed by atoms with E-state index < -0.39 is 0 Å². The second-order valence-corrected chi connectivity index (χ2v) is 6.07. The maximum atomic E-state index is 13.7. The first-order chi connectivity index (χ1) is 11.5. The van der Waals surface area contributed by atoms with Crippen LogP contribution in [0.15, 0.2) is 36.4 Å². The van der Waals surface area contributed by atoms with Crippen molar-refractivity contribution in [3.63, 3.8) is 0 Å². The van der Waals surface area contributed by atoms with Crippen LogP contribution in [0.25, 0.3) is 11.3 Å². The number of urea groups is 1. The molecule has 1 N–H and O–H groups in total. The van der Waals surface area contributed by atoms with Crippen LogP contribution in [0.5, 0.6) is 0 Å². The summed E-state index contributed by atoms with van der Waals surface area (Å²) < 4.78 is 13.7. The molecular formula is C17H20FN5O. The van der Waals surface area contributed by atoms with Gasteiger partial charge in [-0.25, -0.2) is 9.18 Å². The van der Waals surface area contributed by atoms with Crippen LogP contribution in [0.2, 0.25) is 0 Å². The molecular weight excluding hydrogens is 309 g/mol. The van der Waals surface area contributed by atoms with Gasteiger partial charge in [0.2, 0.25) is 0 Å². The molecule has 1 saturated heterocycles. The van der Waals surface area contributed by atoms with Crippen LogP contribution in [-0.4, -0.2) is 59.3 Å². The number of amides is 2. The molecule has 2 heterocycles. The summed E-state index contributed by atoms with van der Waals surface area (Å²) in [6, 6.07) is 9.85. The van der Waals surface area contributed by atoms with E-state index in [9.17, 15) is 9.18 Å². The lowest BCUT2D eigenvalue weighted by Gasteiger charge is -2.20. The van der Waals surface area contributed by atoms with Gasteiger partial charge < -0.3 is 9.80 Å². The molecule has 0 spiro atoms. The first kappa shape index (κ1) is 16.3. The van der Waals surface area contributed by atoms with E-state index in [0.717, 1.165) is 13.0 Å². The van der Waals surface area contributed by atoms with Gasteiger partial charge in [0.1, 0.15) is 5.82 Å². The maximum absolute atomic E-state index is 13.7. The van der Waals surface area contributed by atoms with E-state index in [1.165, 1.54) is 6.07 Å². The molecule has 1 aliphatic heterocycles. The quantitative estimate of drug-likeness (QED) is 0.940. The highest BCUT2D eigenvalue weighted by Crippen LogP contribution is 2.20. The summed E-state index contributed by atoms with van der Waals surface area (Å²) in [5.74, 6) is 0.00349. The van der Waals surface area contributed by atoms with Gasteiger partial charge in [-0.05, 0) is 44.8 Å². The number of nitrogens with zero attached hydrogens (tertiary/aromatic N) is 4. The number of likely N-dealkylation sites (N-methyl/N-ethyl adjacent to an activating group) is 1. The first-order valence-corrected chi connectivity index (χ1v) is 7.85. The number of rotatable bonds is 3. The van der Waals surface area contributed by atoms with Crippen LogP contribution in [0, 0.1) is 5.82 Å². The molecule has 0 saturated carbocycles. The average Bonchev–Trinajstić information content (AvgIpc) is 3.07. The fraction of sp³-hybridized carbons (Fsp3) is 0.353. The van der Waals surface area contributed by atoms with Gasteiger partial charge in [-0.1, -0.05) is 12.1 Å². The Labute approximate surface area is 140 Å². The first-order valence-electron chi connectivity index (χ1n) is 7.85. The van der Waals surface area contributed by atoms with Crippen molar-refractivity contribution in [1.82, 2.24) is 20.0 Å². The van der Waals surface area contributed by atoms with Crippen molar-refractivity contribution in [3.8, 4) is 11.3 Å². The summed E-state index contributed by atoms with van der Waals surface area (Å²) in [6.45, 7) is 1.41. The third-order valence-electron chi connectivity index (χ3n) is 4.23. The summed E-state index contributed by atoms with van der Waals surface area (Å²) in [4.78, 5) is 16.1. The summed E-state index contributed by atoms with van der Waals surface area (Å²) in [6.07, 6.45) is 0.957. The normalized spacial score (nSPS) is 17.3. The van der Waals surface area contributed by atoms with Crippen LogP contribution in [0.3, 0.4) is 0 Å². The van der Waals surface area contributed by atoms with Gasteiger partial charge in [0.25, 0.3) is 0 Å². The molecule has 3 rings (SSSR count). The molecule has 1 unspecified atom stereocenters. The highest BCUT2D eigenvalue weighted by Gasteiger charge is 2.27. The second-order valence-electron chi connectivity index (χ2n) is 6.07. The zero-order valence-electron chi connectivity index (χ0n) is 13.7. The number of hydrogen-bond acceptors (Lipinski definition) is 4. The minimum absolute atomic E-state index is 0.188. The smallest absolute Gasteiger partial charge is 0.323 e. The van der Waals surface area contributed by atoms with Crippen LogP contribution < -0.4 is 5.32 Å². The summed E-state index contributed by atoms with van der Waals surface area (Å²) in [7, 11) is 4.03. The van der Waals surface area contributed by atoms with Gasteiger partial charge in [0, 0.05) is 24.7 Å². The van der Waals surface area contributed by atoms with E-state index in [4.69, 9.17) is 0 Å². The summed E-state index contributed by atoms with van der Waals surface area (Å²) in [5, 5.41) is 10.7. The minimum atomic E-state index is -0.352. The fourth-order valence-electron chi connectivity index (χ4n) is 2.75. The third kappa shape index (κ3) is 3.51. The zero-order valence-corrected chi connectivity index (χ0v) is 13.7. The van der Waals surface area contributed by atoms with E-state index in [2.05, 4.69) is 20.4 Å². The number of halogens is 1. The molecule has 24 heavy (non-hydrogen) atoms. The number of likely N-dealkylation sites (tertiary alicyclic amines) is 1. The Kier molecular flexibility index (Phi) is 4.71. The molecule has 126 valence electrons. The average molecular weight is 329 g/mol. The maximum Gasteiger partial charge on any atom is 0.323 e. The SMILES string of the molecule is CN(C)C1CCN(C(=O)Nc2ccc(-c3ccccc3F)nn2)C1. The Bertz CT molecular complexity index is 719. The zero-order chi connectivity index (χ0) is 17.1. The van der Waals surface area contributed by atoms with Crippen LogP contribution in [0.1, 0.15) is 6.42 Å². The lowest BCUT2D eigenvalue weighted by Crippen LogP contribution is -2.37. The van der Waals surface area contributed by atoms with Crippen molar-refractivity contribution in [2.75, 3.05) is 32.5 Å². The van der Waals surface area contributed by atoms with Gasteiger partial charge in [-0.3, -0.25) is 5.32 Å². The Hall–Kier alpha value is -2.54. The molecule has 0 radical (unpaired) electrons. The van der Waals surface area contributed by atoms with Crippen molar-refractivity contribution < 1.29 is 9.18 Å². The molecule has 1 aliphatic rings. The minimum Gasteiger partial charge on any atom is -0.323 e. The molecule has 1 fully saturated rings. The summed E-state index contributed by atoms with van der Waals surface area (Å²) >= 11 is 0. The molecule has 1 aromatic heterocycles. The van der Waals surface area contributed by atoms with Crippen LogP contribution in [0.4, 0.5) is 15.0 Å². The number of aromatic nitrogens is 2. The topological polar surface area (TPSA) is 61.4 Å². The molecule has 2 aromatic rings. The van der Waals surface area contributed by atoms with Crippen molar-refractivity contribution >= 4 is 11.8 Å². The van der Waals surface area contributed by atoms with E-state index >= 15 is 0 Å². The largest absolute Gasteiger partial charge is 0.323 e. The molecule has 1 atom stereocenters. The number of nitrogens with one attached hydrogen (secondary N) is 1. The van der Waals surface area contributed by atoms with Crippen molar-refractivity contribution in [2.45, 2.75) is 12.5 Å². The third-order valence-corrected chi connectivity index (χ3v) is 4.23. The van der Waals surface area contributed by atoms with Crippen molar-refractivity contribution in [1.29, 1.82) is 0 Å². The second kappa shape index (κ2) is 6.92. The Balaban J connectivity index is 1.65. The van der Waals surface area contributed by atoms with E-state index in [1.807, 2.05) is 14.1 Å². The van der Waals surface area contributed by atoms with E-state index in [-0.39, 0.29) is 11.8 Å². The van der Waals surface area contributed by atoms with Crippen LogP contribution >= 0.6 is 0 Å². The van der Waals surface area contributed by atoms with Crippen molar-refractivity contribution in [2.24, 2.45) is 0 Å². The van der Waals surface area contributed by atoms with Gasteiger partial charge in [-0.15, -0.1) is 10.2 Å². The number of hydrogen-bond donors (Lipinski definition) is 1. The molecule has 1 aromatic carbocycles. The highest BCUT2D eigenvalue weighted by atomic mass is 19.1. The lowest BCUT2D eigenvalue weighted by atomic mass is 10.1. The Morgan fingerprint density at radius 1 is 1.25 bits per heavy atom. The van der Waals surface area contributed by atoms with Crippen molar-refractivity contribution in [3.05, 3.63) is 42.2 Å². The van der Waals surface area contributed by atoms with Gasteiger partial charge >= 0.3 is 6.03 Å². The molecule has 0 aliphatic carbocycles.